The van der Waals surface area contributed by atoms with E-state index in [1.807, 2.05) is 27.7 Å². The molecule has 7 heteroatoms. The van der Waals surface area contributed by atoms with E-state index in [2.05, 4.69) is 16.0 Å². The van der Waals surface area contributed by atoms with Crippen LogP contribution in [0.5, 0.6) is 0 Å². The minimum Gasteiger partial charge on any atom is -0.357 e. The zero-order valence-corrected chi connectivity index (χ0v) is 15.6. The van der Waals surface area contributed by atoms with Crippen LogP contribution < -0.4 is 21.7 Å². The number of carbonyl (C=O) groups is 3. The number of nitrogens with one attached hydrogen (secondary N) is 3. The predicted molar refractivity (Wildman–Crippen MR) is 95.1 cm³/mol. The first kappa shape index (κ1) is 22.4. The van der Waals surface area contributed by atoms with Crippen LogP contribution in [0.3, 0.4) is 0 Å². The van der Waals surface area contributed by atoms with E-state index < -0.39 is 6.04 Å². The number of likely N-dealkylation sites (N-methyl/N-ethyl adjacent to an activating group) is 1. The summed E-state index contributed by atoms with van der Waals surface area (Å²) >= 11 is 0. The van der Waals surface area contributed by atoms with Crippen LogP contribution in [0.1, 0.15) is 47.0 Å². The van der Waals surface area contributed by atoms with Crippen LogP contribution in [-0.2, 0) is 14.4 Å². The lowest BCUT2D eigenvalue weighted by atomic mass is 9.97. The van der Waals surface area contributed by atoms with Crippen molar-refractivity contribution in [3.05, 3.63) is 0 Å². The van der Waals surface area contributed by atoms with Crippen LogP contribution in [0.2, 0.25) is 0 Å². The zero-order valence-electron chi connectivity index (χ0n) is 15.6. The van der Waals surface area contributed by atoms with Gasteiger partial charge in [0.25, 0.3) is 0 Å². The molecule has 0 radical (unpaired) electrons. The fourth-order valence-electron chi connectivity index (χ4n) is 2.61. The number of carbonyl (C=O) groups excluding carboxylic acids is 3. The normalized spacial score (nSPS) is 14.6. The zero-order chi connectivity index (χ0) is 18.7. The van der Waals surface area contributed by atoms with Gasteiger partial charge in [-0.15, -0.1) is 0 Å². The molecule has 0 aliphatic heterocycles. The molecule has 3 amide bonds. The summed E-state index contributed by atoms with van der Waals surface area (Å²) in [6, 6.07) is -0.617. The lowest BCUT2D eigenvalue weighted by molar-refractivity contribution is -0.130. The fourth-order valence-corrected chi connectivity index (χ4v) is 2.61. The van der Waals surface area contributed by atoms with Crippen molar-refractivity contribution in [1.29, 1.82) is 0 Å². The standard InChI is InChI=1S/C17H34N4O3/c1-11(2)8-13(4)16(23)20-10-15(22)21-14(17(24)19-5)9-12(3)6-7-18/h11-14H,6-10,18H2,1-5H3,(H,19,24)(H,20,23)(H,21,22). The molecule has 5 N–H and O–H groups in total. The number of rotatable bonds is 11. The Morgan fingerprint density at radius 3 is 2.12 bits per heavy atom. The summed E-state index contributed by atoms with van der Waals surface area (Å²) in [6.45, 7) is 8.35. The van der Waals surface area contributed by atoms with Crippen molar-refractivity contribution in [2.24, 2.45) is 23.5 Å². The third-order valence-electron chi connectivity index (χ3n) is 3.89. The summed E-state index contributed by atoms with van der Waals surface area (Å²) in [4.78, 5) is 35.9. The van der Waals surface area contributed by atoms with E-state index in [9.17, 15) is 14.4 Å². The topological polar surface area (TPSA) is 113 Å². The van der Waals surface area contributed by atoms with E-state index in [-0.39, 0.29) is 36.1 Å². The lowest BCUT2D eigenvalue weighted by Crippen LogP contribution is -2.49. The van der Waals surface area contributed by atoms with E-state index in [4.69, 9.17) is 5.73 Å². The number of amides is 3. The van der Waals surface area contributed by atoms with E-state index >= 15 is 0 Å². The minimum absolute atomic E-state index is 0.125. The Balaban J connectivity index is 4.45. The highest BCUT2D eigenvalue weighted by molar-refractivity contribution is 5.90. The first-order chi connectivity index (χ1) is 11.2. The Hall–Kier alpha value is -1.63. The van der Waals surface area contributed by atoms with Gasteiger partial charge in [0, 0.05) is 13.0 Å². The van der Waals surface area contributed by atoms with E-state index in [0.29, 0.717) is 18.9 Å². The van der Waals surface area contributed by atoms with Gasteiger partial charge in [-0.05, 0) is 37.6 Å². The molecule has 0 fully saturated rings. The molecule has 3 unspecified atom stereocenters. The first-order valence-electron chi connectivity index (χ1n) is 8.69. The Bertz CT molecular complexity index is 413. The summed E-state index contributed by atoms with van der Waals surface area (Å²) in [5.74, 6) is -0.260. The molecule has 3 atom stereocenters. The first-order valence-corrected chi connectivity index (χ1v) is 8.69. The summed E-state index contributed by atoms with van der Waals surface area (Å²) in [7, 11) is 1.53. The molecule has 0 aromatic heterocycles. The van der Waals surface area contributed by atoms with Gasteiger partial charge in [0.05, 0.1) is 6.54 Å². The average molecular weight is 342 g/mol. The second-order valence-corrected chi connectivity index (χ2v) is 6.90. The van der Waals surface area contributed by atoms with Crippen molar-refractivity contribution >= 4 is 17.7 Å². The van der Waals surface area contributed by atoms with Crippen molar-refractivity contribution in [1.82, 2.24) is 16.0 Å². The smallest absolute Gasteiger partial charge is 0.242 e. The molecule has 0 heterocycles. The van der Waals surface area contributed by atoms with Crippen molar-refractivity contribution in [2.45, 2.75) is 53.0 Å². The predicted octanol–water partition coefficient (Wildman–Crippen LogP) is 0.391. The van der Waals surface area contributed by atoms with Crippen molar-refractivity contribution < 1.29 is 14.4 Å². The Kier molecular flexibility index (Phi) is 11.0. The Morgan fingerprint density at radius 2 is 1.62 bits per heavy atom. The van der Waals surface area contributed by atoms with Crippen LogP contribution >= 0.6 is 0 Å². The molecular formula is C17H34N4O3. The van der Waals surface area contributed by atoms with Crippen molar-refractivity contribution in [3.8, 4) is 0 Å². The van der Waals surface area contributed by atoms with Crippen LogP contribution in [-0.4, -0.2) is 43.9 Å². The number of hydrogen-bond acceptors (Lipinski definition) is 4. The van der Waals surface area contributed by atoms with Gasteiger partial charge in [0.1, 0.15) is 6.04 Å². The number of nitrogens with two attached hydrogens (primary N) is 1. The van der Waals surface area contributed by atoms with Crippen LogP contribution in [0.4, 0.5) is 0 Å². The third-order valence-corrected chi connectivity index (χ3v) is 3.89. The molecule has 0 spiro atoms. The summed E-state index contributed by atoms with van der Waals surface area (Å²) < 4.78 is 0. The van der Waals surface area contributed by atoms with Gasteiger partial charge in [-0.1, -0.05) is 27.7 Å². The SMILES string of the molecule is CNC(=O)C(CC(C)CCN)NC(=O)CNC(=O)C(C)CC(C)C. The van der Waals surface area contributed by atoms with Gasteiger partial charge < -0.3 is 21.7 Å². The van der Waals surface area contributed by atoms with E-state index in [1.54, 1.807) is 0 Å². The molecular weight excluding hydrogens is 308 g/mol. The molecule has 0 saturated heterocycles. The van der Waals surface area contributed by atoms with Crippen molar-refractivity contribution in [2.75, 3.05) is 20.1 Å². The van der Waals surface area contributed by atoms with Gasteiger partial charge in [-0.3, -0.25) is 14.4 Å². The molecule has 0 aromatic rings. The lowest BCUT2D eigenvalue weighted by Gasteiger charge is -2.21. The molecule has 0 aliphatic carbocycles. The summed E-state index contributed by atoms with van der Waals surface area (Å²) in [6.07, 6.45) is 2.07. The largest absolute Gasteiger partial charge is 0.357 e. The maximum Gasteiger partial charge on any atom is 0.242 e. The summed E-state index contributed by atoms with van der Waals surface area (Å²) in [5, 5.41) is 7.86. The molecule has 0 aromatic carbocycles. The minimum atomic E-state index is -0.617. The summed E-state index contributed by atoms with van der Waals surface area (Å²) in [5.41, 5.74) is 5.52. The highest BCUT2D eigenvalue weighted by Gasteiger charge is 2.22. The van der Waals surface area contributed by atoms with Crippen LogP contribution in [0.15, 0.2) is 0 Å². The molecule has 7 nitrogen and oxygen atoms in total. The third kappa shape index (κ3) is 9.50. The molecule has 140 valence electrons. The Morgan fingerprint density at radius 1 is 1.00 bits per heavy atom. The van der Waals surface area contributed by atoms with Gasteiger partial charge >= 0.3 is 0 Å². The second kappa shape index (κ2) is 11.8. The van der Waals surface area contributed by atoms with Gasteiger partial charge in [0.2, 0.25) is 17.7 Å². The average Bonchev–Trinajstić information content (AvgIpc) is 2.50. The number of hydrogen-bond donors (Lipinski definition) is 4. The van der Waals surface area contributed by atoms with Crippen molar-refractivity contribution in [3.63, 3.8) is 0 Å². The molecule has 0 aliphatic rings. The van der Waals surface area contributed by atoms with Crippen LogP contribution in [0.25, 0.3) is 0 Å². The maximum atomic E-state index is 12.0. The Labute approximate surface area is 145 Å². The van der Waals surface area contributed by atoms with Crippen LogP contribution in [0, 0.1) is 17.8 Å². The monoisotopic (exact) mass is 342 g/mol. The van der Waals surface area contributed by atoms with Gasteiger partial charge in [0.15, 0.2) is 0 Å². The molecule has 24 heavy (non-hydrogen) atoms. The van der Waals surface area contributed by atoms with E-state index in [1.165, 1.54) is 7.05 Å². The molecule has 0 rings (SSSR count). The maximum absolute atomic E-state index is 12.0. The van der Waals surface area contributed by atoms with E-state index in [0.717, 1.165) is 12.8 Å². The highest BCUT2D eigenvalue weighted by atomic mass is 16.2. The van der Waals surface area contributed by atoms with Gasteiger partial charge in [-0.2, -0.15) is 0 Å². The molecule has 0 bridgehead atoms. The van der Waals surface area contributed by atoms with Gasteiger partial charge in [-0.25, -0.2) is 0 Å². The quantitative estimate of drug-likeness (QED) is 0.435. The fraction of sp³-hybridized carbons (Fsp3) is 0.824. The second-order valence-electron chi connectivity index (χ2n) is 6.90. The highest BCUT2D eigenvalue weighted by Crippen LogP contribution is 2.11. The molecule has 0 saturated carbocycles.